The van der Waals surface area contributed by atoms with Crippen molar-refractivity contribution in [3.05, 3.63) is 28.3 Å². The van der Waals surface area contributed by atoms with Crippen LogP contribution in [0.5, 0.6) is 0 Å². The molecule has 0 radical (unpaired) electrons. The summed E-state index contributed by atoms with van der Waals surface area (Å²) in [4.78, 5) is 13.1. The summed E-state index contributed by atoms with van der Waals surface area (Å²) >= 11 is 1.97. The van der Waals surface area contributed by atoms with Crippen LogP contribution in [0, 0.1) is 10.1 Å². The van der Waals surface area contributed by atoms with E-state index >= 15 is 0 Å². The summed E-state index contributed by atoms with van der Waals surface area (Å²) in [5.74, 6) is 1.05. The smallest absolute Gasteiger partial charge is 0.273 e. The number of nitrogens with zero attached hydrogens (tertiary/aromatic N) is 2. The predicted octanol–water partition coefficient (Wildman–Crippen LogP) is 3.75. The SMILES string of the molecule is CCNc1cc(N2CCSC(C)(C)CC2)cc([N+](=O)[O-])c1. The van der Waals surface area contributed by atoms with Crippen LogP contribution in [-0.2, 0) is 0 Å². The molecule has 0 amide bonds. The highest BCUT2D eigenvalue weighted by molar-refractivity contribution is 8.00. The minimum absolute atomic E-state index is 0.152. The van der Waals surface area contributed by atoms with Crippen LogP contribution in [-0.4, -0.2) is 35.1 Å². The molecule has 21 heavy (non-hydrogen) atoms. The number of nitro benzene ring substituents is 1. The predicted molar refractivity (Wildman–Crippen MR) is 90.6 cm³/mol. The van der Waals surface area contributed by atoms with Gasteiger partial charge in [0.15, 0.2) is 0 Å². The average molecular weight is 309 g/mol. The zero-order chi connectivity index (χ0) is 15.5. The zero-order valence-electron chi connectivity index (χ0n) is 12.9. The highest BCUT2D eigenvalue weighted by Crippen LogP contribution is 2.34. The highest BCUT2D eigenvalue weighted by atomic mass is 32.2. The molecule has 1 fully saturated rings. The van der Waals surface area contributed by atoms with Gasteiger partial charge < -0.3 is 10.2 Å². The van der Waals surface area contributed by atoms with Crippen LogP contribution in [0.4, 0.5) is 17.1 Å². The Bertz CT molecular complexity index is 520. The van der Waals surface area contributed by atoms with E-state index in [4.69, 9.17) is 0 Å². The lowest BCUT2D eigenvalue weighted by Gasteiger charge is -2.24. The van der Waals surface area contributed by atoms with E-state index in [0.29, 0.717) is 0 Å². The largest absolute Gasteiger partial charge is 0.385 e. The van der Waals surface area contributed by atoms with Gasteiger partial charge in [0.2, 0.25) is 0 Å². The van der Waals surface area contributed by atoms with Gasteiger partial charge in [0.25, 0.3) is 5.69 Å². The molecule has 1 saturated heterocycles. The Labute approximate surface area is 130 Å². The van der Waals surface area contributed by atoms with Crippen molar-refractivity contribution in [1.29, 1.82) is 0 Å². The van der Waals surface area contributed by atoms with E-state index in [9.17, 15) is 10.1 Å². The van der Waals surface area contributed by atoms with Crippen molar-refractivity contribution < 1.29 is 4.92 Å². The summed E-state index contributed by atoms with van der Waals surface area (Å²) in [6, 6.07) is 5.30. The molecular weight excluding hydrogens is 286 g/mol. The number of hydrogen-bond donors (Lipinski definition) is 1. The molecule has 6 heteroatoms. The third-order valence-corrected chi connectivity index (χ3v) is 5.07. The number of rotatable bonds is 4. The van der Waals surface area contributed by atoms with Gasteiger partial charge in [-0.2, -0.15) is 11.8 Å². The van der Waals surface area contributed by atoms with E-state index < -0.39 is 0 Å². The third kappa shape index (κ3) is 4.27. The van der Waals surface area contributed by atoms with Gasteiger partial charge in [-0.15, -0.1) is 0 Å². The molecule has 0 atom stereocenters. The molecule has 0 bridgehead atoms. The van der Waals surface area contributed by atoms with E-state index in [1.165, 1.54) is 0 Å². The Kier molecular flexibility index (Phi) is 4.98. The number of hydrogen-bond acceptors (Lipinski definition) is 5. The maximum Gasteiger partial charge on any atom is 0.273 e. The van der Waals surface area contributed by atoms with Crippen molar-refractivity contribution in [1.82, 2.24) is 0 Å². The Morgan fingerprint density at radius 3 is 2.81 bits per heavy atom. The molecular formula is C15H23N3O2S. The standard InChI is InChI=1S/C15H23N3O2S/c1-4-16-12-9-13(11-14(10-12)18(19)20)17-6-5-15(2,3)21-8-7-17/h9-11,16H,4-8H2,1-3H3. The maximum absolute atomic E-state index is 11.1. The van der Waals surface area contributed by atoms with Crippen LogP contribution < -0.4 is 10.2 Å². The van der Waals surface area contributed by atoms with Gasteiger partial charge in [0, 0.05) is 53.6 Å². The molecule has 116 valence electrons. The van der Waals surface area contributed by atoms with Gasteiger partial charge in [-0.05, 0) is 19.4 Å². The van der Waals surface area contributed by atoms with Gasteiger partial charge in [-0.1, -0.05) is 13.8 Å². The van der Waals surface area contributed by atoms with Crippen LogP contribution in [0.3, 0.4) is 0 Å². The molecule has 1 aliphatic heterocycles. The fourth-order valence-electron chi connectivity index (χ4n) is 2.47. The normalized spacial score (nSPS) is 18.1. The number of non-ortho nitro benzene ring substituents is 1. The zero-order valence-corrected chi connectivity index (χ0v) is 13.7. The Balaban J connectivity index is 2.27. The lowest BCUT2D eigenvalue weighted by Crippen LogP contribution is -2.27. The number of nitrogens with one attached hydrogen (secondary N) is 1. The summed E-state index contributed by atoms with van der Waals surface area (Å²) in [5.41, 5.74) is 1.91. The number of benzene rings is 1. The molecule has 0 saturated carbocycles. The molecule has 1 N–H and O–H groups in total. The minimum Gasteiger partial charge on any atom is -0.385 e. The van der Waals surface area contributed by atoms with Crippen molar-refractivity contribution in [3.63, 3.8) is 0 Å². The lowest BCUT2D eigenvalue weighted by atomic mass is 10.1. The second-order valence-corrected chi connectivity index (χ2v) is 7.67. The van der Waals surface area contributed by atoms with Crippen LogP contribution in [0.1, 0.15) is 27.2 Å². The Morgan fingerprint density at radius 1 is 1.38 bits per heavy atom. The van der Waals surface area contributed by atoms with E-state index in [-0.39, 0.29) is 15.4 Å². The fraction of sp³-hybridized carbons (Fsp3) is 0.600. The van der Waals surface area contributed by atoms with E-state index in [1.54, 1.807) is 12.1 Å². The number of nitro groups is 1. The van der Waals surface area contributed by atoms with E-state index in [2.05, 4.69) is 24.1 Å². The quantitative estimate of drug-likeness (QED) is 0.678. The first-order valence-corrected chi connectivity index (χ1v) is 8.32. The van der Waals surface area contributed by atoms with Crippen molar-refractivity contribution >= 4 is 28.8 Å². The first-order valence-electron chi connectivity index (χ1n) is 7.33. The molecule has 0 unspecified atom stereocenters. The molecule has 1 heterocycles. The average Bonchev–Trinajstić information content (AvgIpc) is 2.59. The molecule has 1 aliphatic rings. The molecule has 0 aliphatic carbocycles. The first kappa shape index (κ1) is 15.9. The van der Waals surface area contributed by atoms with Crippen LogP contribution in [0.25, 0.3) is 0 Å². The molecule has 0 spiro atoms. The lowest BCUT2D eigenvalue weighted by molar-refractivity contribution is -0.384. The van der Waals surface area contributed by atoms with E-state index in [0.717, 1.165) is 43.2 Å². The van der Waals surface area contributed by atoms with Gasteiger partial charge in [-0.3, -0.25) is 10.1 Å². The topological polar surface area (TPSA) is 58.4 Å². The van der Waals surface area contributed by atoms with Crippen LogP contribution in [0.15, 0.2) is 18.2 Å². The second kappa shape index (κ2) is 6.56. The maximum atomic E-state index is 11.1. The molecule has 1 aromatic rings. The van der Waals surface area contributed by atoms with Gasteiger partial charge in [-0.25, -0.2) is 0 Å². The summed E-state index contributed by atoms with van der Waals surface area (Å²) < 4.78 is 0.278. The van der Waals surface area contributed by atoms with Crippen LogP contribution >= 0.6 is 11.8 Å². The van der Waals surface area contributed by atoms with Crippen molar-refractivity contribution in [2.45, 2.75) is 31.9 Å². The molecule has 5 nitrogen and oxygen atoms in total. The first-order chi connectivity index (χ1) is 9.91. The summed E-state index contributed by atoms with van der Waals surface area (Å²) in [6.45, 7) is 9.14. The summed E-state index contributed by atoms with van der Waals surface area (Å²) in [5, 5.41) is 14.3. The Morgan fingerprint density at radius 2 is 2.14 bits per heavy atom. The van der Waals surface area contributed by atoms with Crippen LogP contribution in [0.2, 0.25) is 0 Å². The van der Waals surface area contributed by atoms with Crippen molar-refractivity contribution in [3.8, 4) is 0 Å². The van der Waals surface area contributed by atoms with Gasteiger partial charge in [0.1, 0.15) is 0 Å². The number of thioether (sulfide) groups is 1. The molecule has 0 aromatic heterocycles. The second-order valence-electron chi connectivity index (χ2n) is 5.87. The fourth-order valence-corrected chi connectivity index (χ4v) is 3.57. The van der Waals surface area contributed by atoms with Crippen molar-refractivity contribution in [2.75, 3.05) is 35.6 Å². The monoisotopic (exact) mass is 309 g/mol. The molecule has 2 rings (SSSR count). The third-order valence-electron chi connectivity index (χ3n) is 3.70. The highest BCUT2D eigenvalue weighted by Gasteiger charge is 2.24. The van der Waals surface area contributed by atoms with E-state index in [1.807, 2.05) is 24.8 Å². The summed E-state index contributed by atoms with van der Waals surface area (Å²) in [7, 11) is 0. The summed E-state index contributed by atoms with van der Waals surface area (Å²) in [6.07, 6.45) is 1.08. The molecule has 1 aromatic carbocycles. The van der Waals surface area contributed by atoms with Gasteiger partial charge >= 0.3 is 0 Å². The van der Waals surface area contributed by atoms with Gasteiger partial charge in [0.05, 0.1) is 4.92 Å². The van der Waals surface area contributed by atoms with Crippen molar-refractivity contribution in [2.24, 2.45) is 0 Å². The number of anilines is 2. The minimum atomic E-state index is -0.319. The Hall–Kier alpha value is -1.43.